The third-order valence-electron chi connectivity index (χ3n) is 8.66. The first-order valence-electron chi connectivity index (χ1n) is 14.2. The van der Waals surface area contributed by atoms with E-state index in [1.807, 2.05) is 6.92 Å². The standard InChI is InChI=1S/C31H33F2N3O8/c1-30(13-42-14-30)35-27(37)16-5-6-19-23(9-16)44-26-25(19)43-15-31(2,36(28(26)38)17-10-18(11-17)40-3)29(39)34-12-20-22(41-4)8-7-21(32)24(20)33/h5-9,17-18H,10-15H2,1-4H3,(H,34,39)(H,35,37). The van der Waals surface area contributed by atoms with Crippen LogP contribution in [0.25, 0.3) is 11.0 Å². The second-order valence-corrected chi connectivity index (χ2v) is 11.9. The molecule has 2 N–H and O–H groups in total. The number of rotatable bonds is 8. The lowest BCUT2D eigenvalue weighted by Crippen LogP contribution is -2.66. The first kappa shape index (κ1) is 29.8. The maximum Gasteiger partial charge on any atom is 0.294 e. The Kier molecular flexibility index (Phi) is 7.49. The van der Waals surface area contributed by atoms with E-state index in [1.165, 1.54) is 18.1 Å². The van der Waals surface area contributed by atoms with Crippen molar-refractivity contribution in [1.82, 2.24) is 15.5 Å². The molecule has 234 valence electrons. The van der Waals surface area contributed by atoms with Gasteiger partial charge in [0, 0.05) is 25.3 Å². The molecule has 1 aliphatic carbocycles. The van der Waals surface area contributed by atoms with Crippen molar-refractivity contribution in [2.45, 2.75) is 56.5 Å². The number of benzene rings is 2. The van der Waals surface area contributed by atoms with Crippen LogP contribution < -0.4 is 20.1 Å². The molecule has 0 bridgehead atoms. The van der Waals surface area contributed by atoms with Crippen molar-refractivity contribution in [2.75, 3.05) is 34.0 Å². The summed E-state index contributed by atoms with van der Waals surface area (Å²) < 4.78 is 56.6. The number of fused-ring (bicyclic) bond motifs is 3. The van der Waals surface area contributed by atoms with Gasteiger partial charge in [0.25, 0.3) is 11.8 Å². The van der Waals surface area contributed by atoms with Crippen molar-refractivity contribution in [3.63, 3.8) is 0 Å². The van der Waals surface area contributed by atoms with Crippen molar-refractivity contribution >= 4 is 28.7 Å². The smallest absolute Gasteiger partial charge is 0.294 e. The molecule has 44 heavy (non-hydrogen) atoms. The van der Waals surface area contributed by atoms with Gasteiger partial charge in [-0.25, -0.2) is 8.78 Å². The number of furan rings is 1. The Bertz CT molecular complexity index is 1650. The van der Waals surface area contributed by atoms with E-state index in [9.17, 15) is 23.2 Å². The number of halogens is 2. The van der Waals surface area contributed by atoms with Crippen LogP contribution in [0, 0.1) is 11.6 Å². The minimum atomic E-state index is -1.56. The zero-order chi connectivity index (χ0) is 31.4. The third-order valence-corrected chi connectivity index (χ3v) is 8.66. The molecule has 3 aliphatic rings. The molecule has 0 spiro atoms. The van der Waals surface area contributed by atoms with Crippen molar-refractivity contribution in [3.05, 3.63) is 58.9 Å². The Morgan fingerprint density at radius 2 is 1.84 bits per heavy atom. The number of carbonyl (C=O) groups is 3. The van der Waals surface area contributed by atoms with Gasteiger partial charge in [0.05, 0.1) is 42.9 Å². The number of nitrogens with zero attached hydrogens (tertiary/aromatic N) is 1. The van der Waals surface area contributed by atoms with Crippen LogP contribution in [-0.2, 0) is 20.8 Å². The zero-order valence-corrected chi connectivity index (χ0v) is 24.8. The molecule has 1 atom stereocenters. The van der Waals surface area contributed by atoms with Gasteiger partial charge in [-0.2, -0.15) is 0 Å². The van der Waals surface area contributed by atoms with Gasteiger partial charge < -0.3 is 38.9 Å². The molecule has 0 radical (unpaired) electrons. The third kappa shape index (κ3) is 4.93. The molecule has 11 nitrogen and oxygen atoms in total. The molecule has 1 saturated heterocycles. The summed E-state index contributed by atoms with van der Waals surface area (Å²) in [5, 5.41) is 6.05. The summed E-state index contributed by atoms with van der Waals surface area (Å²) in [7, 11) is 2.89. The lowest BCUT2D eigenvalue weighted by Gasteiger charge is -2.48. The van der Waals surface area contributed by atoms with Gasteiger partial charge in [0.15, 0.2) is 22.9 Å². The quantitative estimate of drug-likeness (QED) is 0.396. The molecule has 13 heteroatoms. The number of amides is 3. The SMILES string of the molecule is COc1ccc(F)c(F)c1CNC(=O)C1(C)COc2c(oc3cc(C(=O)NC4(C)COC4)ccc23)C(=O)N1C1CC(OC)C1. The highest BCUT2D eigenvalue weighted by atomic mass is 19.2. The molecule has 3 amide bonds. The van der Waals surface area contributed by atoms with E-state index in [2.05, 4.69) is 10.6 Å². The maximum absolute atomic E-state index is 14.6. The van der Waals surface area contributed by atoms with Crippen molar-refractivity contribution in [1.29, 1.82) is 0 Å². The summed E-state index contributed by atoms with van der Waals surface area (Å²) >= 11 is 0. The van der Waals surface area contributed by atoms with E-state index in [1.54, 1.807) is 32.2 Å². The molecule has 2 aliphatic heterocycles. The molecule has 3 aromatic rings. The molecule has 2 fully saturated rings. The molecule has 1 aromatic heterocycles. The van der Waals surface area contributed by atoms with E-state index in [-0.39, 0.29) is 47.0 Å². The van der Waals surface area contributed by atoms with Gasteiger partial charge in [-0.15, -0.1) is 0 Å². The predicted octanol–water partition coefficient (Wildman–Crippen LogP) is 3.33. The van der Waals surface area contributed by atoms with Crippen molar-refractivity contribution in [3.8, 4) is 11.5 Å². The van der Waals surface area contributed by atoms with E-state index < -0.39 is 47.1 Å². The second-order valence-electron chi connectivity index (χ2n) is 11.9. The number of hydrogen-bond donors (Lipinski definition) is 2. The first-order chi connectivity index (χ1) is 21.0. The van der Waals surface area contributed by atoms with Crippen LogP contribution >= 0.6 is 0 Å². The van der Waals surface area contributed by atoms with E-state index >= 15 is 0 Å². The van der Waals surface area contributed by atoms with Gasteiger partial charge in [-0.05, 0) is 57.0 Å². The van der Waals surface area contributed by atoms with Gasteiger partial charge in [-0.3, -0.25) is 14.4 Å². The summed E-state index contributed by atoms with van der Waals surface area (Å²) in [6, 6.07) is 6.60. The van der Waals surface area contributed by atoms with Crippen LogP contribution in [0.4, 0.5) is 8.78 Å². The molecule has 2 aromatic carbocycles. The number of methoxy groups -OCH3 is 2. The Hall–Kier alpha value is -4.23. The van der Waals surface area contributed by atoms with E-state index in [0.717, 1.165) is 6.07 Å². The summed E-state index contributed by atoms with van der Waals surface area (Å²) in [5.41, 5.74) is -1.57. The van der Waals surface area contributed by atoms with Gasteiger partial charge >= 0.3 is 0 Å². The van der Waals surface area contributed by atoms with Crippen molar-refractivity contribution in [2.24, 2.45) is 0 Å². The molecule has 3 heterocycles. The maximum atomic E-state index is 14.6. The zero-order valence-electron chi connectivity index (χ0n) is 24.8. The molecule has 6 rings (SSSR count). The molecule has 1 unspecified atom stereocenters. The van der Waals surface area contributed by atoms with Crippen molar-refractivity contribution < 1.29 is 46.5 Å². The number of ether oxygens (including phenoxy) is 4. The second kappa shape index (κ2) is 11.0. The Morgan fingerprint density at radius 1 is 1.09 bits per heavy atom. The minimum Gasteiger partial charge on any atom is -0.496 e. The van der Waals surface area contributed by atoms with E-state index in [0.29, 0.717) is 37.0 Å². The number of carbonyl (C=O) groups excluding carboxylic acids is 3. The van der Waals surface area contributed by atoms with Gasteiger partial charge in [-0.1, -0.05) is 0 Å². The van der Waals surface area contributed by atoms with Crippen LogP contribution in [0.1, 0.15) is 53.2 Å². The Labute approximate surface area is 251 Å². The van der Waals surface area contributed by atoms with Gasteiger partial charge in [0.1, 0.15) is 17.9 Å². The summed E-state index contributed by atoms with van der Waals surface area (Å²) in [6.45, 7) is 3.62. The Balaban J connectivity index is 1.30. The average Bonchev–Trinajstić information content (AvgIpc) is 3.30. The predicted molar refractivity (Wildman–Crippen MR) is 152 cm³/mol. The van der Waals surface area contributed by atoms with Gasteiger partial charge in [0.2, 0.25) is 11.7 Å². The Morgan fingerprint density at radius 3 is 2.50 bits per heavy atom. The van der Waals surface area contributed by atoms with E-state index in [4.69, 9.17) is 23.4 Å². The normalized spacial score (nSPS) is 24.0. The van der Waals surface area contributed by atoms with Crippen LogP contribution in [0.3, 0.4) is 0 Å². The number of nitrogens with one attached hydrogen (secondary N) is 2. The molecular weight excluding hydrogens is 580 g/mol. The average molecular weight is 614 g/mol. The highest BCUT2D eigenvalue weighted by Crippen LogP contribution is 2.42. The summed E-state index contributed by atoms with van der Waals surface area (Å²) in [6.07, 6.45) is 0.841. The highest BCUT2D eigenvalue weighted by Gasteiger charge is 2.53. The monoisotopic (exact) mass is 613 g/mol. The minimum absolute atomic E-state index is 0.0650. The molecule has 1 saturated carbocycles. The topological polar surface area (TPSA) is 129 Å². The lowest BCUT2D eigenvalue weighted by atomic mass is 9.83. The fourth-order valence-corrected chi connectivity index (χ4v) is 5.92. The fraction of sp³-hybridized carbons (Fsp3) is 0.452. The fourth-order valence-electron chi connectivity index (χ4n) is 5.92. The van der Waals surface area contributed by atoms with Crippen LogP contribution in [0.2, 0.25) is 0 Å². The first-order valence-corrected chi connectivity index (χ1v) is 14.2. The largest absolute Gasteiger partial charge is 0.496 e. The number of hydrogen-bond acceptors (Lipinski definition) is 8. The van der Waals surface area contributed by atoms with Crippen LogP contribution in [0.15, 0.2) is 34.7 Å². The summed E-state index contributed by atoms with van der Waals surface area (Å²) in [5.74, 6) is -3.64. The van der Waals surface area contributed by atoms with Crippen LogP contribution in [-0.4, -0.2) is 79.9 Å². The summed E-state index contributed by atoms with van der Waals surface area (Å²) in [4.78, 5) is 42.3. The molecular formula is C31H33F2N3O8. The lowest BCUT2D eigenvalue weighted by molar-refractivity contribution is -0.138. The highest BCUT2D eigenvalue weighted by molar-refractivity contribution is 6.06. The van der Waals surface area contributed by atoms with Crippen LogP contribution in [0.5, 0.6) is 11.5 Å².